The summed E-state index contributed by atoms with van der Waals surface area (Å²) in [7, 11) is 0. The topological polar surface area (TPSA) is 61.0 Å². The maximum atomic E-state index is 5.78. The van der Waals surface area contributed by atoms with Gasteiger partial charge in [-0.1, -0.05) is 27.2 Å². The number of aromatic nitrogens is 2. The second-order valence-electron chi connectivity index (χ2n) is 4.00. The van der Waals surface area contributed by atoms with Crippen LogP contribution in [-0.2, 0) is 6.42 Å². The number of hydrogen-bond donors (Lipinski definition) is 1. The first-order valence-electron chi connectivity index (χ1n) is 5.37. The summed E-state index contributed by atoms with van der Waals surface area (Å²) in [6, 6.07) is 0. The summed E-state index contributed by atoms with van der Waals surface area (Å²) in [6.07, 6.45) is 3.32. The molecule has 2 N–H and O–H groups in total. The van der Waals surface area contributed by atoms with Gasteiger partial charge < -0.3 is 10.5 Å². The van der Waals surface area contributed by atoms with Crippen molar-refractivity contribution in [2.24, 2.45) is 5.92 Å². The first-order chi connectivity index (χ1) is 7.15. The molecular weight excluding hydrogens is 190 g/mol. The van der Waals surface area contributed by atoms with Gasteiger partial charge in [0.05, 0.1) is 12.2 Å². The SMILES string of the molecule is CCCc1c(N)ncnc1OCC(C)C. The van der Waals surface area contributed by atoms with Gasteiger partial charge in [0.15, 0.2) is 0 Å². The fourth-order valence-corrected chi connectivity index (χ4v) is 1.26. The molecule has 0 bridgehead atoms. The van der Waals surface area contributed by atoms with Gasteiger partial charge in [-0.25, -0.2) is 9.97 Å². The summed E-state index contributed by atoms with van der Waals surface area (Å²) >= 11 is 0. The highest BCUT2D eigenvalue weighted by atomic mass is 16.5. The van der Waals surface area contributed by atoms with Crippen LogP contribution in [0.4, 0.5) is 5.82 Å². The molecule has 0 aliphatic heterocycles. The highest BCUT2D eigenvalue weighted by Crippen LogP contribution is 2.21. The Balaban J connectivity index is 2.80. The second kappa shape index (κ2) is 5.53. The van der Waals surface area contributed by atoms with Gasteiger partial charge in [0, 0.05) is 0 Å². The van der Waals surface area contributed by atoms with Crippen LogP contribution >= 0.6 is 0 Å². The third kappa shape index (κ3) is 3.38. The number of nitrogens with zero attached hydrogens (tertiary/aromatic N) is 2. The molecule has 0 fully saturated rings. The maximum Gasteiger partial charge on any atom is 0.221 e. The molecule has 4 heteroatoms. The van der Waals surface area contributed by atoms with Crippen LogP contribution in [0.25, 0.3) is 0 Å². The van der Waals surface area contributed by atoms with Crippen LogP contribution in [0.3, 0.4) is 0 Å². The van der Waals surface area contributed by atoms with Crippen molar-refractivity contribution >= 4 is 5.82 Å². The van der Waals surface area contributed by atoms with Crippen LogP contribution in [-0.4, -0.2) is 16.6 Å². The van der Waals surface area contributed by atoms with E-state index in [1.165, 1.54) is 6.33 Å². The molecule has 0 radical (unpaired) electrons. The minimum absolute atomic E-state index is 0.482. The lowest BCUT2D eigenvalue weighted by atomic mass is 10.2. The Labute approximate surface area is 90.9 Å². The monoisotopic (exact) mass is 209 g/mol. The molecule has 1 heterocycles. The average Bonchev–Trinajstić information content (AvgIpc) is 2.19. The van der Waals surface area contributed by atoms with Crippen molar-refractivity contribution in [3.63, 3.8) is 0 Å². The van der Waals surface area contributed by atoms with Gasteiger partial charge in [0.2, 0.25) is 5.88 Å². The van der Waals surface area contributed by atoms with Crippen LogP contribution in [0.1, 0.15) is 32.8 Å². The lowest BCUT2D eigenvalue weighted by molar-refractivity contribution is 0.258. The predicted octanol–water partition coefficient (Wildman–Crippen LogP) is 2.05. The van der Waals surface area contributed by atoms with Gasteiger partial charge in [0.1, 0.15) is 12.1 Å². The van der Waals surface area contributed by atoms with Gasteiger partial charge in [-0.3, -0.25) is 0 Å². The summed E-state index contributed by atoms with van der Waals surface area (Å²) in [5, 5.41) is 0. The number of ether oxygens (including phenoxy) is 1. The fraction of sp³-hybridized carbons (Fsp3) is 0.636. The molecule has 1 rings (SSSR count). The summed E-state index contributed by atoms with van der Waals surface area (Å²) in [5.41, 5.74) is 6.71. The highest BCUT2D eigenvalue weighted by molar-refractivity contribution is 5.44. The molecule has 0 unspecified atom stereocenters. The first-order valence-corrected chi connectivity index (χ1v) is 5.37. The van der Waals surface area contributed by atoms with Crippen molar-refractivity contribution in [1.29, 1.82) is 0 Å². The van der Waals surface area contributed by atoms with Crippen LogP contribution in [0.5, 0.6) is 5.88 Å². The van der Waals surface area contributed by atoms with Crippen LogP contribution in [0.15, 0.2) is 6.33 Å². The second-order valence-corrected chi connectivity index (χ2v) is 4.00. The van der Waals surface area contributed by atoms with E-state index in [9.17, 15) is 0 Å². The molecule has 15 heavy (non-hydrogen) atoms. The molecule has 0 amide bonds. The van der Waals surface area contributed by atoms with E-state index < -0.39 is 0 Å². The zero-order valence-corrected chi connectivity index (χ0v) is 9.66. The van der Waals surface area contributed by atoms with Gasteiger partial charge in [-0.2, -0.15) is 0 Å². The van der Waals surface area contributed by atoms with Crippen LogP contribution in [0.2, 0.25) is 0 Å². The Morgan fingerprint density at radius 1 is 1.40 bits per heavy atom. The molecular formula is C11H19N3O. The molecule has 0 atom stereocenters. The molecule has 0 aliphatic rings. The Morgan fingerprint density at radius 3 is 2.73 bits per heavy atom. The van der Waals surface area contributed by atoms with E-state index in [1.54, 1.807) is 0 Å². The van der Waals surface area contributed by atoms with Gasteiger partial charge >= 0.3 is 0 Å². The van der Waals surface area contributed by atoms with Crippen molar-refractivity contribution < 1.29 is 4.74 Å². The Hall–Kier alpha value is -1.32. The number of hydrogen-bond acceptors (Lipinski definition) is 4. The van der Waals surface area contributed by atoms with Gasteiger partial charge in [0.25, 0.3) is 0 Å². The van der Waals surface area contributed by atoms with Gasteiger partial charge in [-0.15, -0.1) is 0 Å². The third-order valence-electron chi connectivity index (χ3n) is 1.99. The normalized spacial score (nSPS) is 10.7. The summed E-state index contributed by atoms with van der Waals surface area (Å²) in [4.78, 5) is 8.09. The third-order valence-corrected chi connectivity index (χ3v) is 1.99. The Bertz CT molecular complexity index is 313. The average molecular weight is 209 g/mol. The zero-order valence-electron chi connectivity index (χ0n) is 9.66. The van der Waals surface area contributed by atoms with Crippen molar-refractivity contribution in [2.75, 3.05) is 12.3 Å². The number of nitrogens with two attached hydrogens (primary N) is 1. The molecule has 1 aromatic heterocycles. The standard InChI is InChI=1S/C11H19N3O/c1-4-5-9-10(12)13-7-14-11(9)15-6-8(2)3/h7-8H,4-6H2,1-3H3,(H2,12,13,14). The molecule has 1 aromatic rings. The van der Waals surface area contributed by atoms with E-state index >= 15 is 0 Å². The lowest BCUT2D eigenvalue weighted by Crippen LogP contribution is -2.09. The number of anilines is 1. The molecule has 0 spiro atoms. The first kappa shape index (κ1) is 11.8. The molecule has 0 aromatic carbocycles. The Kier molecular flexibility index (Phi) is 4.34. The van der Waals surface area contributed by atoms with E-state index in [4.69, 9.17) is 10.5 Å². The van der Waals surface area contributed by atoms with E-state index in [2.05, 4.69) is 30.7 Å². The Morgan fingerprint density at radius 2 is 2.13 bits per heavy atom. The molecule has 84 valence electrons. The van der Waals surface area contributed by atoms with Crippen LogP contribution in [0, 0.1) is 5.92 Å². The number of rotatable bonds is 5. The van der Waals surface area contributed by atoms with Crippen molar-refractivity contribution in [2.45, 2.75) is 33.6 Å². The zero-order chi connectivity index (χ0) is 11.3. The van der Waals surface area contributed by atoms with E-state index in [0.717, 1.165) is 18.4 Å². The van der Waals surface area contributed by atoms with E-state index in [-0.39, 0.29) is 0 Å². The maximum absolute atomic E-state index is 5.78. The van der Waals surface area contributed by atoms with Crippen LogP contribution < -0.4 is 10.5 Å². The smallest absolute Gasteiger partial charge is 0.221 e. The highest BCUT2D eigenvalue weighted by Gasteiger charge is 2.09. The van der Waals surface area contributed by atoms with E-state index in [1.807, 2.05) is 0 Å². The van der Waals surface area contributed by atoms with Crippen molar-refractivity contribution in [3.8, 4) is 5.88 Å². The molecule has 0 saturated carbocycles. The predicted molar refractivity (Wildman–Crippen MR) is 60.8 cm³/mol. The summed E-state index contributed by atoms with van der Waals surface area (Å²) in [6.45, 7) is 6.96. The number of nitrogen functional groups attached to an aromatic ring is 1. The largest absolute Gasteiger partial charge is 0.477 e. The molecule has 4 nitrogen and oxygen atoms in total. The lowest BCUT2D eigenvalue weighted by Gasteiger charge is -2.12. The minimum atomic E-state index is 0.482. The van der Waals surface area contributed by atoms with Crippen molar-refractivity contribution in [3.05, 3.63) is 11.9 Å². The van der Waals surface area contributed by atoms with E-state index in [0.29, 0.717) is 24.2 Å². The molecule has 0 aliphatic carbocycles. The minimum Gasteiger partial charge on any atom is -0.477 e. The summed E-state index contributed by atoms with van der Waals surface area (Å²) in [5.74, 6) is 1.65. The van der Waals surface area contributed by atoms with Gasteiger partial charge in [-0.05, 0) is 12.3 Å². The van der Waals surface area contributed by atoms with Crippen molar-refractivity contribution in [1.82, 2.24) is 9.97 Å². The summed E-state index contributed by atoms with van der Waals surface area (Å²) < 4.78 is 5.60. The molecule has 0 saturated heterocycles. The fourth-order valence-electron chi connectivity index (χ4n) is 1.26. The quantitative estimate of drug-likeness (QED) is 0.806.